The highest BCUT2D eigenvalue weighted by molar-refractivity contribution is 7.88. The predicted octanol–water partition coefficient (Wildman–Crippen LogP) is 2.36. The van der Waals surface area contributed by atoms with E-state index in [1.54, 1.807) is 19.9 Å². The monoisotopic (exact) mass is 341 g/mol. The predicted molar refractivity (Wildman–Crippen MR) is 84.8 cm³/mol. The Kier molecular flexibility index (Phi) is 4.93. The van der Waals surface area contributed by atoms with Crippen LogP contribution in [0.5, 0.6) is 0 Å². The summed E-state index contributed by atoms with van der Waals surface area (Å²) in [5, 5.41) is 10.5. The zero-order valence-corrected chi connectivity index (χ0v) is 14.1. The van der Waals surface area contributed by atoms with Crippen LogP contribution in [0.4, 0.5) is 4.39 Å². The van der Waals surface area contributed by atoms with Gasteiger partial charge in [0, 0.05) is 12.1 Å². The molecular formula is C16H20FNO4S. The van der Waals surface area contributed by atoms with Crippen LogP contribution in [0.1, 0.15) is 29.6 Å². The fourth-order valence-corrected chi connectivity index (χ4v) is 3.63. The number of aryl methyl sites for hydroxylation is 2. The van der Waals surface area contributed by atoms with E-state index in [9.17, 15) is 17.9 Å². The van der Waals surface area contributed by atoms with Gasteiger partial charge in [0.05, 0.1) is 5.75 Å². The van der Waals surface area contributed by atoms with Crippen LogP contribution in [-0.2, 0) is 21.4 Å². The van der Waals surface area contributed by atoms with Gasteiger partial charge in [-0.05, 0) is 44.5 Å². The van der Waals surface area contributed by atoms with Crippen LogP contribution in [-0.4, -0.2) is 20.1 Å². The van der Waals surface area contributed by atoms with E-state index in [1.165, 1.54) is 31.2 Å². The Morgan fingerprint density at radius 1 is 1.30 bits per heavy atom. The molecule has 0 bridgehead atoms. The highest BCUT2D eigenvalue weighted by Crippen LogP contribution is 2.26. The first-order valence-electron chi connectivity index (χ1n) is 7.11. The quantitative estimate of drug-likeness (QED) is 0.845. The highest BCUT2D eigenvalue weighted by atomic mass is 32.2. The van der Waals surface area contributed by atoms with Gasteiger partial charge in [-0.1, -0.05) is 12.1 Å². The van der Waals surface area contributed by atoms with E-state index in [0.29, 0.717) is 22.6 Å². The first kappa shape index (κ1) is 17.7. The Morgan fingerprint density at radius 3 is 2.57 bits per heavy atom. The summed E-state index contributed by atoms with van der Waals surface area (Å²) in [5.41, 5.74) is -0.535. The van der Waals surface area contributed by atoms with Gasteiger partial charge in [-0.15, -0.1) is 0 Å². The van der Waals surface area contributed by atoms with Crippen molar-refractivity contribution in [1.29, 1.82) is 0 Å². The number of sulfonamides is 1. The molecule has 2 N–H and O–H groups in total. The van der Waals surface area contributed by atoms with Crippen molar-refractivity contribution >= 4 is 10.0 Å². The molecule has 5 nitrogen and oxygen atoms in total. The van der Waals surface area contributed by atoms with E-state index in [4.69, 9.17) is 4.42 Å². The molecule has 0 amide bonds. The SMILES string of the molecule is Cc1cc([C@](C)(O)CNS(=O)(=O)Cc2cccc(F)c2)c(C)o1. The van der Waals surface area contributed by atoms with Gasteiger partial charge < -0.3 is 9.52 Å². The molecule has 1 aromatic carbocycles. The van der Waals surface area contributed by atoms with Crippen molar-refractivity contribution in [3.05, 3.63) is 58.8 Å². The molecule has 7 heteroatoms. The summed E-state index contributed by atoms with van der Waals surface area (Å²) >= 11 is 0. The number of hydrogen-bond donors (Lipinski definition) is 2. The van der Waals surface area contributed by atoms with Crippen molar-refractivity contribution in [2.75, 3.05) is 6.54 Å². The average Bonchev–Trinajstić information content (AvgIpc) is 2.76. The number of rotatable bonds is 6. The van der Waals surface area contributed by atoms with E-state index >= 15 is 0 Å². The maximum Gasteiger partial charge on any atom is 0.215 e. The van der Waals surface area contributed by atoms with Crippen molar-refractivity contribution in [2.45, 2.75) is 32.1 Å². The zero-order chi connectivity index (χ0) is 17.3. The van der Waals surface area contributed by atoms with Gasteiger partial charge in [0.2, 0.25) is 10.0 Å². The number of nitrogens with one attached hydrogen (secondary N) is 1. The number of benzene rings is 1. The minimum absolute atomic E-state index is 0.204. The van der Waals surface area contributed by atoms with Gasteiger partial charge in [0.1, 0.15) is 22.9 Å². The van der Waals surface area contributed by atoms with Gasteiger partial charge in [-0.3, -0.25) is 0 Å². The van der Waals surface area contributed by atoms with Crippen LogP contribution in [0.2, 0.25) is 0 Å². The maximum absolute atomic E-state index is 13.1. The van der Waals surface area contributed by atoms with Gasteiger partial charge >= 0.3 is 0 Å². The lowest BCUT2D eigenvalue weighted by molar-refractivity contribution is 0.0612. The number of halogens is 1. The zero-order valence-electron chi connectivity index (χ0n) is 13.3. The van der Waals surface area contributed by atoms with Crippen LogP contribution in [0.15, 0.2) is 34.7 Å². The number of furan rings is 1. The van der Waals surface area contributed by atoms with Crippen molar-refractivity contribution in [3.63, 3.8) is 0 Å². The van der Waals surface area contributed by atoms with E-state index in [0.717, 1.165) is 0 Å². The van der Waals surface area contributed by atoms with Crippen LogP contribution >= 0.6 is 0 Å². The standard InChI is InChI=1S/C16H20FNO4S/c1-11-7-15(12(2)22-11)16(3,19)10-18-23(20,21)9-13-5-4-6-14(17)8-13/h4-8,18-19H,9-10H2,1-3H3/t16-/m1/s1. The molecule has 0 aliphatic heterocycles. The molecular weight excluding hydrogens is 321 g/mol. The van der Waals surface area contributed by atoms with Gasteiger partial charge in [-0.2, -0.15) is 0 Å². The second-order valence-corrected chi connectivity index (χ2v) is 7.62. The molecule has 0 radical (unpaired) electrons. The van der Waals surface area contributed by atoms with Gasteiger partial charge in [0.15, 0.2) is 0 Å². The average molecular weight is 341 g/mol. The third kappa shape index (κ3) is 4.63. The molecule has 1 atom stereocenters. The lowest BCUT2D eigenvalue weighted by Gasteiger charge is -2.23. The Morgan fingerprint density at radius 2 is 2.00 bits per heavy atom. The first-order valence-corrected chi connectivity index (χ1v) is 8.76. The molecule has 0 fully saturated rings. The molecule has 2 rings (SSSR count). The molecule has 2 aromatic rings. The molecule has 0 spiro atoms. The Labute approximate surface area is 135 Å². The van der Waals surface area contributed by atoms with E-state index < -0.39 is 21.4 Å². The minimum Gasteiger partial charge on any atom is -0.466 e. The van der Waals surface area contributed by atoms with Crippen molar-refractivity contribution in [3.8, 4) is 0 Å². The first-order chi connectivity index (χ1) is 10.6. The van der Waals surface area contributed by atoms with E-state index in [1.807, 2.05) is 0 Å². The summed E-state index contributed by atoms with van der Waals surface area (Å²) in [6.07, 6.45) is 0. The fraction of sp³-hybridized carbons (Fsp3) is 0.375. The Balaban J connectivity index is 2.07. The van der Waals surface area contributed by atoms with Crippen LogP contribution in [0.3, 0.4) is 0 Å². The summed E-state index contributed by atoms with van der Waals surface area (Å²) in [7, 11) is -3.71. The molecule has 0 aliphatic carbocycles. The lowest BCUT2D eigenvalue weighted by atomic mass is 9.97. The summed E-state index contributed by atoms with van der Waals surface area (Å²) in [6, 6.07) is 7.08. The molecule has 1 heterocycles. The van der Waals surface area contributed by atoms with Gasteiger partial charge in [-0.25, -0.2) is 17.5 Å². The van der Waals surface area contributed by atoms with E-state index in [2.05, 4.69) is 4.72 Å². The normalized spacial score (nSPS) is 14.7. The summed E-state index contributed by atoms with van der Waals surface area (Å²) in [6.45, 7) is 4.76. The lowest BCUT2D eigenvalue weighted by Crippen LogP contribution is -2.39. The summed E-state index contributed by atoms with van der Waals surface area (Å²) < 4.78 is 45.1. The number of aliphatic hydroxyl groups is 1. The Bertz CT molecular complexity index is 796. The molecule has 0 aliphatic rings. The third-order valence-electron chi connectivity index (χ3n) is 3.50. The van der Waals surface area contributed by atoms with Crippen LogP contribution < -0.4 is 4.72 Å². The topological polar surface area (TPSA) is 79.5 Å². The van der Waals surface area contributed by atoms with Crippen LogP contribution in [0.25, 0.3) is 0 Å². The highest BCUT2D eigenvalue weighted by Gasteiger charge is 2.29. The molecule has 0 unspecified atom stereocenters. The minimum atomic E-state index is -3.71. The van der Waals surface area contributed by atoms with Gasteiger partial charge in [0.25, 0.3) is 0 Å². The summed E-state index contributed by atoms with van der Waals surface area (Å²) in [4.78, 5) is 0. The smallest absolute Gasteiger partial charge is 0.215 e. The molecule has 1 aromatic heterocycles. The second-order valence-electron chi connectivity index (χ2n) is 5.81. The fourth-order valence-electron chi connectivity index (χ4n) is 2.41. The third-order valence-corrected chi connectivity index (χ3v) is 4.80. The molecule has 126 valence electrons. The second kappa shape index (κ2) is 6.43. The molecule has 0 saturated heterocycles. The van der Waals surface area contributed by atoms with E-state index in [-0.39, 0.29) is 12.3 Å². The largest absolute Gasteiger partial charge is 0.466 e. The molecule has 23 heavy (non-hydrogen) atoms. The number of hydrogen-bond acceptors (Lipinski definition) is 4. The maximum atomic E-state index is 13.1. The van der Waals surface area contributed by atoms with Crippen molar-refractivity contribution in [1.82, 2.24) is 4.72 Å². The molecule has 0 saturated carbocycles. The Hall–Kier alpha value is -1.70. The van der Waals surface area contributed by atoms with Crippen LogP contribution in [0, 0.1) is 19.7 Å². The summed E-state index contributed by atoms with van der Waals surface area (Å²) in [5.74, 6) is 0.330. The van der Waals surface area contributed by atoms with Crippen molar-refractivity contribution in [2.24, 2.45) is 0 Å². The van der Waals surface area contributed by atoms with Crippen molar-refractivity contribution < 1.29 is 22.3 Å².